The zero-order valence-corrected chi connectivity index (χ0v) is 19.0. The summed E-state index contributed by atoms with van der Waals surface area (Å²) in [4.78, 5) is 13.5. The summed E-state index contributed by atoms with van der Waals surface area (Å²) >= 11 is 7.68. The van der Waals surface area contributed by atoms with Crippen LogP contribution < -0.4 is 5.32 Å². The molecule has 0 unspecified atom stereocenters. The molecule has 2 aromatic rings. The van der Waals surface area contributed by atoms with Gasteiger partial charge in [-0.2, -0.15) is 0 Å². The second-order valence-electron chi connectivity index (χ2n) is 9.73. The molecule has 0 atom stereocenters. The number of thioether (sulfide) groups is 1. The van der Waals surface area contributed by atoms with Crippen LogP contribution in [0.15, 0.2) is 53.4 Å². The number of nitrogens with one attached hydrogen (secondary N) is 1. The molecule has 158 valence electrons. The first-order valence-electron chi connectivity index (χ1n) is 11.4. The van der Waals surface area contributed by atoms with E-state index in [1.165, 1.54) is 49.0 Å². The van der Waals surface area contributed by atoms with Gasteiger partial charge in [-0.1, -0.05) is 23.7 Å². The molecule has 0 aliphatic heterocycles. The highest BCUT2D eigenvalue weighted by Gasteiger charge is 2.51. The Labute approximate surface area is 189 Å². The van der Waals surface area contributed by atoms with E-state index >= 15 is 0 Å². The molecule has 4 saturated carbocycles. The van der Waals surface area contributed by atoms with Crippen LogP contribution >= 0.6 is 23.4 Å². The van der Waals surface area contributed by atoms with Crippen LogP contribution in [-0.2, 0) is 10.2 Å². The second kappa shape index (κ2) is 8.59. The lowest BCUT2D eigenvalue weighted by atomic mass is 9.48. The maximum Gasteiger partial charge on any atom is 0.224 e. The van der Waals surface area contributed by atoms with Gasteiger partial charge >= 0.3 is 0 Å². The average molecular weight is 440 g/mol. The van der Waals surface area contributed by atoms with Crippen molar-refractivity contribution in [2.45, 2.75) is 61.7 Å². The highest BCUT2D eigenvalue weighted by molar-refractivity contribution is 7.99. The van der Waals surface area contributed by atoms with E-state index in [4.69, 9.17) is 11.6 Å². The van der Waals surface area contributed by atoms with Gasteiger partial charge in [-0.05, 0) is 116 Å². The number of hydrogen-bond acceptors (Lipinski definition) is 2. The Morgan fingerprint density at radius 1 is 0.933 bits per heavy atom. The molecule has 4 aliphatic carbocycles. The lowest BCUT2D eigenvalue weighted by Crippen LogP contribution is -2.48. The third-order valence-corrected chi connectivity index (χ3v) is 8.80. The quantitative estimate of drug-likeness (QED) is 0.361. The number of rotatable bonds is 7. The summed E-state index contributed by atoms with van der Waals surface area (Å²) in [5, 5.41) is 3.84. The minimum atomic E-state index is 0.106. The molecular weight excluding hydrogens is 410 g/mol. The van der Waals surface area contributed by atoms with Crippen LogP contribution in [-0.4, -0.2) is 11.7 Å². The van der Waals surface area contributed by atoms with Gasteiger partial charge in [0.25, 0.3) is 0 Å². The lowest BCUT2D eigenvalue weighted by molar-refractivity contribution is -0.116. The van der Waals surface area contributed by atoms with Crippen molar-refractivity contribution in [3.8, 4) is 0 Å². The van der Waals surface area contributed by atoms with Gasteiger partial charge in [0.15, 0.2) is 0 Å². The Morgan fingerprint density at radius 2 is 1.53 bits per heavy atom. The molecule has 4 aliphatic rings. The Balaban J connectivity index is 1.11. The first-order valence-corrected chi connectivity index (χ1v) is 12.7. The molecule has 30 heavy (non-hydrogen) atoms. The highest BCUT2D eigenvalue weighted by Crippen LogP contribution is 2.60. The first kappa shape index (κ1) is 20.5. The standard InChI is InChI=1S/C26H30ClNOS/c27-22-5-9-24(10-6-22)30-11-1-2-25(29)28-23-7-3-21(4-8-23)26-15-18-12-19(16-26)14-20(13-18)17-26/h3-10,18-20H,1-2,11-17H2,(H,28,29). The molecule has 0 radical (unpaired) electrons. The van der Waals surface area contributed by atoms with Crippen LogP contribution in [0.5, 0.6) is 0 Å². The average Bonchev–Trinajstić information content (AvgIpc) is 2.72. The number of anilines is 1. The van der Waals surface area contributed by atoms with E-state index in [-0.39, 0.29) is 5.91 Å². The summed E-state index contributed by atoms with van der Waals surface area (Å²) < 4.78 is 0. The number of halogens is 1. The molecule has 0 saturated heterocycles. The topological polar surface area (TPSA) is 29.1 Å². The van der Waals surface area contributed by atoms with Crippen LogP contribution in [0.25, 0.3) is 0 Å². The van der Waals surface area contributed by atoms with Crippen LogP contribution in [0.2, 0.25) is 5.02 Å². The van der Waals surface area contributed by atoms with E-state index in [0.717, 1.165) is 40.6 Å². The molecule has 4 bridgehead atoms. The molecule has 0 spiro atoms. The first-order chi connectivity index (χ1) is 14.6. The Morgan fingerprint density at radius 3 is 2.13 bits per heavy atom. The van der Waals surface area contributed by atoms with Crippen molar-refractivity contribution in [3.05, 3.63) is 59.1 Å². The number of benzene rings is 2. The predicted octanol–water partition coefficient (Wildman–Crippen LogP) is 7.32. The monoisotopic (exact) mass is 439 g/mol. The minimum absolute atomic E-state index is 0.106. The van der Waals surface area contributed by atoms with Crippen molar-refractivity contribution in [2.24, 2.45) is 17.8 Å². The zero-order chi connectivity index (χ0) is 20.6. The summed E-state index contributed by atoms with van der Waals surface area (Å²) in [5.74, 6) is 3.92. The highest BCUT2D eigenvalue weighted by atomic mass is 35.5. The molecule has 4 heteroatoms. The number of amides is 1. The zero-order valence-electron chi connectivity index (χ0n) is 17.4. The van der Waals surface area contributed by atoms with Crippen molar-refractivity contribution >= 4 is 35.0 Å². The van der Waals surface area contributed by atoms with E-state index in [9.17, 15) is 4.79 Å². The molecular formula is C26H30ClNOS. The lowest BCUT2D eigenvalue weighted by Gasteiger charge is -2.57. The van der Waals surface area contributed by atoms with Crippen molar-refractivity contribution in [1.82, 2.24) is 0 Å². The van der Waals surface area contributed by atoms with Crippen LogP contribution in [0.3, 0.4) is 0 Å². The summed E-state index contributed by atoms with van der Waals surface area (Å²) in [6.45, 7) is 0. The maximum atomic E-state index is 12.3. The fraction of sp³-hybridized carbons (Fsp3) is 0.500. The third-order valence-electron chi connectivity index (χ3n) is 7.45. The molecule has 6 rings (SSSR count). The number of hydrogen-bond donors (Lipinski definition) is 1. The predicted molar refractivity (Wildman–Crippen MR) is 126 cm³/mol. The van der Waals surface area contributed by atoms with E-state index in [1.807, 2.05) is 24.3 Å². The third kappa shape index (κ3) is 4.43. The maximum absolute atomic E-state index is 12.3. The minimum Gasteiger partial charge on any atom is -0.326 e. The second-order valence-corrected chi connectivity index (χ2v) is 11.3. The van der Waals surface area contributed by atoms with Crippen LogP contribution in [0, 0.1) is 17.8 Å². The number of carbonyl (C=O) groups is 1. The fourth-order valence-corrected chi connectivity index (χ4v) is 7.53. The summed E-state index contributed by atoms with van der Waals surface area (Å²) in [5.41, 5.74) is 2.87. The fourth-order valence-electron chi connectivity index (χ4n) is 6.55. The molecule has 0 aromatic heterocycles. The van der Waals surface area contributed by atoms with Gasteiger partial charge in [-0.15, -0.1) is 11.8 Å². The molecule has 2 nitrogen and oxygen atoms in total. The molecule has 4 fully saturated rings. The Bertz CT molecular complexity index is 857. The van der Waals surface area contributed by atoms with Crippen molar-refractivity contribution in [3.63, 3.8) is 0 Å². The van der Waals surface area contributed by atoms with Crippen molar-refractivity contribution in [1.29, 1.82) is 0 Å². The van der Waals surface area contributed by atoms with Gasteiger partial charge in [0.2, 0.25) is 5.91 Å². The van der Waals surface area contributed by atoms with Gasteiger partial charge in [-0.25, -0.2) is 0 Å². The van der Waals surface area contributed by atoms with Crippen LogP contribution in [0.1, 0.15) is 56.9 Å². The Kier molecular flexibility index (Phi) is 5.86. The largest absolute Gasteiger partial charge is 0.326 e. The van der Waals surface area contributed by atoms with E-state index in [0.29, 0.717) is 11.8 Å². The van der Waals surface area contributed by atoms with Crippen molar-refractivity contribution < 1.29 is 4.79 Å². The summed E-state index contributed by atoms with van der Waals surface area (Å²) in [6.07, 6.45) is 10.0. The summed E-state index contributed by atoms with van der Waals surface area (Å²) in [6, 6.07) is 16.7. The molecule has 0 heterocycles. The van der Waals surface area contributed by atoms with Gasteiger partial charge in [0, 0.05) is 22.0 Å². The van der Waals surface area contributed by atoms with Gasteiger partial charge < -0.3 is 5.32 Å². The van der Waals surface area contributed by atoms with Gasteiger partial charge in [0.1, 0.15) is 0 Å². The van der Waals surface area contributed by atoms with E-state index < -0.39 is 0 Å². The van der Waals surface area contributed by atoms with Crippen LogP contribution in [0.4, 0.5) is 5.69 Å². The normalized spacial score (nSPS) is 29.2. The Hall–Kier alpha value is -1.45. The van der Waals surface area contributed by atoms with E-state index in [2.05, 4.69) is 29.6 Å². The molecule has 2 aromatic carbocycles. The van der Waals surface area contributed by atoms with Gasteiger partial charge in [-0.3, -0.25) is 4.79 Å². The SMILES string of the molecule is O=C(CCCSc1ccc(Cl)cc1)Nc1ccc(C23CC4CC(CC(C4)C2)C3)cc1. The summed E-state index contributed by atoms with van der Waals surface area (Å²) in [7, 11) is 0. The van der Waals surface area contributed by atoms with Crippen molar-refractivity contribution in [2.75, 3.05) is 11.1 Å². The van der Waals surface area contributed by atoms with E-state index in [1.54, 1.807) is 11.8 Å². The van der Waals surface area contributed by atoms with Gasteiger partial charge in [0.05, 0.1) is 0 Å². The molecule has 1 amide bonds. The molecule has 1 N–H and O–H groups in total. The number of carbonyl (C=O) groups excluding carboxylic acids is 1. The smallest absolute Gasteiger partial charge is 0.224 e.